The lowest BCUT2D eigenvalue weighted by Crippen LogP contribution is -2.21. The summed E-state index contributed by atoms with van der Waals surface area (Å²) in [6.45, 7) is 0.908. The zero-order valence-electron chi connectivity index (χ0n) is 9.14. The Morgan fingerprint density at radius 1 is 1.57 bits per heavy atom. The third kappa shape index (κ3) is 3.47. The van der Waals surface area contributed by atoms with Gasteiger partial charge in [-0.05, 0) is 27.1 Å². The van der Waals surface area contributed by atoms with Crippen molar-refractivity contribution < 1.29 is 5.11 Å². The number of aromatic nitrogens is 2. The summed E-state index contributed by atoms with van der Waals surface area (Å²) in [7, 11) is 5.96. The third-order valence-electron chi connectivity index (χ3n) is 2.25. The van der Waals surface area contributed by atoms with Gasteiger partial charge in [0.05, 0.1) is 6.10 Å². The molecule has 0 aliphatic carbocycles. The van der Waals surface area contributed by atoms with Gasteiger partial charge in [-0.3, -0.25) is 0 Å². The highest BCUT2D eigenvalue weighted by atomic mass is 16.3. The normalized spacial score (nSPS) is 13.5. The van der Waals surface area contributed by atoms with Crippen LogP contribution in [0.15, 0.2) is 12.4 Å². The van der Waals surface area contributed by atoms with Crippen molar-refractivity contribution in [3.05, 3.63) is 18.2 Å². The van der Waals surface area contributed by atoms with E-state index < -0.39 is 0 Å². The largest absolute Gasteiger partial charge is 0.393 e. The first-order valence-electron chi connectivity index (χ1n) is 4.88. The molecule has 0 saturated carbocycles. The standard InChI is InChI=1S/C10H19N3O/c1-12(2)6-4-9(14)8-10-11-5-7-13(10)3/h5,7,9,14H,4,6,8H2,1-3H3. The van der Waals surface area contributed by atoms with Crippen molar-refractivity contribution >= 4 is 0 Å². The van der Waals surface area contributed by atoms with E-state index in [0.29, 0.717) is 6.42 Å². The molecule has 1 aromatic rings. The summed E-state index contributed by atoms with van der Waals surface area (Å²) in [5.74, 6) is 0.941. The lowest BCUT2D eigenvalue weighted by molar-refractivity contribution is 0.149. The summed E-state index contributed by atoms with van der Waals surface area (Å²) in [5.41, 5.74) is 0. The van der Waals surface area contributed by atoms with Gasteiger partial charge in [-0.25, -0.2) is 4.98 Å². The Kier molecular flexibility index (Phi) is 4.10. The average Bonchev–Trinajstić information content (AvgIpc) is 2.49. The van der Waals surface area contributed by atoms with Gasteiger partial charge in [0, 0.05) is 25.9 Å². The van der Waals surface area contributed by atoms with Gasteiger partial charge in [-0.15, -0.1) is 0 Å². The van der Waals surface area contributed by atoms with Crippen molar-refractivity contribution in [3.63, 3.8) is 0 Å². The minimum atomic E-state index is -0.293. The molecule has 4 nitrogen and oxygen atoms in total. The number of hydrogen-bond acceptors (Lipinski definition) is 3. The predicted molar refractivity (Wildman–Crippen MR) is 56.1 cm³/mol. The minimum absolute atomic E-state index is 0.293. The van der Waals surface area contributed by atoms with Gasteiger partial charge in [0.15, 0.2) is 0 Å². The molecule has 1 unspecified atom stereocenters. The molecule has 0 saturated heterocycles. The van der Waals surface area contributed by atoms with E-state index in [1.165, 1.54) is 0 Å². The van der Waals surface area contributed by atoms with Gasteiger partial charge < -0.3 is 14.6 Å². The van der Waals surface area contributed by atoms with Crippen LogP contribution < -0.4 is 0 Å². The van der Waals surface area contributed by atoms with E-state index >= 15 is 0 Å². The van der Waals surface area contributed by atoms with Crippen LogP contribution in [0.5, 0.6) is 0 Å². The Morgan fingerprint density at radius 2 is 2.29 bits per heavy atom. The van der Waals surface area contributed by atoms with Gasteiger partial charge >= 0.3 is 0 Å². The van der Waals surface area contributed by atoms with Crippen LogP contribution in [-0.2, 0) is 13.5 Å². The molecule has 80 valence electrons. The lowest BCUT2D eigenvalue weighted by Gasteiger charge is -2.13. The fourth-order valence-corrected chi connectivity index (χ4v) is 1.31. The fraction of sp³-hybridized carbons (Fsp3) is 0.700. The third-order valence-corrected chi connectivity index (χ3v) is 2.25. The first-order chi connectivity index (χ1) is 6.59. The molecule has 0 spiro atoms. The number of rotatable bonds is 5. The summed E-state index contributed by atoms with van der Waals surface area (Å²) < 4.78 is 1.94. The van der Waals surface area contributed by atoms with Crippen molar-refractivity contribution in [1.82, 2.24) is 14.5 Å². The molecule has 0 aliphatic rings. The summed E-state index contributed by atoms with van der Waals surface area (Å²) in [6.07, 6.45) is 4.79. The van der Waals surface area contributed by atoms with Crippen LogP contribution >= 0.6 is 0 Å². The van der Waals surface area contributed by atoms with Crippen molar-refractivity contribution in [3.8, 4) is 0 Å². The van der Waals surface area contributed by atoms with E-state index in [1.807, 2.05) is 31.9 Å². The second-order valence-electron chi connectivity index (χ2n) is 3.90. The van der Waals surface area contributed by atoms with Crippen LogP contribution in [0.25, 0.3) is 0 Å². The molecule has 1 heterocycles. The van der Waals surface area contributed by atoms with Crippen LogP contribution in [0, 0.1) is 0 Å². The molecule has 1 N–H and O–H groups in total. The van der Waals surface area contributed by atoms with E-state index in [9.17, 15) is 5.11 Å². The van der Waals surface area contributed by atoms with Gasteiger partial charge in [-0.2, -0.15) is 0 Å². The minimum Gasteiger partial charge on any atom is -0.393 e. The van der Waals surface area contributed by atoms with Gasteiger partial charge in [0.2, 0.25) is 0 Å². The Bertz CT molecular complexity index is 270. The highest BCUT2D eigenvalue weighted by Crippen LogP contribution is 2.03. The lowest BCUT2D eigenvalue weighted by atomic mass is 10.2. The smallest absolute Gasteiger partial charge is 0.110 e. The zero-order chi connectivity index (χ0) is 10.6. The molecule has 0 fully saturated rings. The van der Waals surface area contributed by atoms with Crippen LogP contribution in [0.4, 0.5) is 0 Å². The molecule has 0 bridgehead atoms. The maximum absolute atomic E-state index is 9.71. The molecule has 1 rings (SSSR count). The van der Waals surface area contributed by atoms with Crippen molar-refractivity contribution in [2.75, 3.05) is 20.6 Å². The van der Waals surface area contributed by atoms with Gasteiger partial charge in [0.1, 0.15) is 5.82 Å². The summed E-state index contributed by atoms with van der Waals surface area (Å²) >= 11 is 0. The fourth-order valence-electron chi connectivity index (χ4n) is 1.31. The molecular formula is C10H19N3O. The van der Waals surface area contributed by atoms with Gasteiger partial charge in [0.25, 0.3) is 0 Å². The van der Waals surface area contributed by atoms with Gasteiger partial charge in [-0.1, -0.05) is 0 Å². The number of aryl methyl sites for hydroxylation is 1. The van der Waals surface area contributed by atoms with Crippen LogP contribution in [-0.4, -0.2) is 46.3 Å². The number of imidazole rings is 1. The molecule has 1 atom stereocenters. The molecular weight excluding hydrogens is 178 g/mol. The summed E-state index contributed by atoms with van der Waals surface area (Å²) in [4.78, 5) is 6.24. The molecule has 0 aromatic carbocycles. The zero-order valence-corrected chi connectivity index (χ0v) is 9.14. The monoisotopic (exact) mass is 197 g/mol. The van der Waals surface area contributed by atoms with Crippen LogP contribution in [0.3, 0.4) is 0 Å². The maximum Gasteiger partial charge on any atom is 0.110 e. The SMILES string of the molecule is CN(C)CCC(O)Cc1nccn1C. The second-order valence-corrected chi connectivity index (χ2v) is 3.90. The number of hydrogen-bond donors (Lipinski definition) is 1. The second kappa shape index (κ2) is 5.12. The molecule has 4 heteroatoms. The van der Waals surface area contributed by atoms with E-state index in [2.05, 4.69) is 9.88 Å². The van der Waals surface area contributed by atoms with E-state index in [-0.39, 0.29) is 6.10 Å². The maximum atomic E-state index is 9.71. The molecule has 0 radical (unpaired) electrons. The highest BCUT2D eigenvalue weighted by Gasteiger charge is 2.08. The Hall–Kier alpha value is -0.870. The molecule has 14 heavy (non-hydrogen) atoms. The first-order valence-corrected chi connectivity index (χ1v) is 4.88. The van der Waals surface area contributed by atoms with Crippen molar-refractivity contribution in [2.45, 2.75) is 18.9 Å². The van der Waals surface area contributed by atoms with E-state index in [4.69, 9.17) is 0 Å². The topological polar surface area (TPSA) is 41.3 Å². The molecule has 0 aliphatic heterocycles. The van der Waals surface area contributed by atoms with Crippen LogP contribution in [0.1, 0.15) is 12.2 Å². The Balaban J connectivity index is 2.34. The quantitative estimate of drug-likeness (QED) is 0.737. The molecule has 0 amide bonds. The Labute approximate surface area is 85.2 Å². The predicted octanol–water partition coefficient (Wildman–Crippen LogP) is 0.275. The average molecular weight is 197 g/mol. The van der Waals surface area contributed by atoms with Crippen molar-refractivity contribution in [2.24, 2.45) is 7.05 Å². The Morgan fingerprint density at radius 3 is 2.79 bits per heavy atom. The highest BCUT2D eigenvalue weighted by molar-refractivity contribution is 4.92. The number of aliphatic hydroxyl groups is 1. The number of nitrogens with zero attached hydrogens (tertiary/aromatic N) is 3. The molecule has 1 aromatic heterocycles. The van der Waals surface area contributed by atoms with E-state index in [1.54, 1.807) is 6.20 Å². The first kappa shape index (κ1) is 11.2. The van der Waals surface area contributed by atoms with Crippen LogP contribution in [0.2, 0.25) is 0 Å². The van der Waals surface area contributed by atoms with Crippen molar-refractivity contribution in [1.29, 1.82) is 0 Å². The summed E-state index contributed by atoms with van der Waals surface area (Å²) in [5, 5.41) is 9.71. The summed E-state index contributed by atoms with van der Waals surface area (Å²) in [6, 6.07) is 0. The van der Waals surface area contributed by atoms with E-state index in [0.717, 1.165) is 18.8 Å². The number of aliphatic hydroxyl groups excluding tert-OH is 1.